The first-order valence-electron chi connectivity index (χ1n) is 9.65. The van der Waals surface area contributed by atoms with Gasteiger partial charge in [0.15, 0.2) is 16.6 Å². The van der Waals surface area contributed by atoms with E-state index in [0.29, 0.717) is 12.5 Å². The highest BCUT2D eigenvalue weighted by atomic mass is 32.2. The fourth-order valence-corrected chi connectivity index (χ4v) is 21.5. The summed E-state index contributed by atoms with van der Waals surface area (Å²) in [6.07, 6.45) is 0.241. The van der Waals surface area contributed by atoms with Crippen molar-refractivity contribution in [2.75, 3.05) is 0 Å². The van der Waals surface area contributed by atoms with Gasteiger partial charge in [0, 0.05) is 0 Å². The smallest absolute Gasteiger partial charge is 0.518 e. The first-order chi connectivity index (χ1) is 13.0. The van der Waals surface area contributed by atoms with Crippen molar-refractivity contribution in [2.24, 2.45) is 4.40 Å². The average molecular weight is 527 g/mol. The predicted octanol–water partition coefficient (Wildman–Crippen LogP) is 4.26. The monoisotopic (exact) mass is 526 g/mol. The fourth-order valence-electron chi connectivity index (χ4n) is 3.00. The number of rotatable bonds is 12. The van der Waals surface area contributed by atoms with Crippen molar-refractivity contribution < 1.29 is 39.0 Å². The molecule has 30 heavy (non-hydrogen) atoms. The molecule has 0 saturated heterocycles. The van der Waals surface area contributed by atoms with Gasteiger partial charge in [-0.2, -0.15) is 26.0 Å². The van der Waals surface area contributed by atoms with Crippen LogP contribution in [0.5, 0.6) is 0 Å². The second-order valence-corrected chi connectivity index (χ2v) is 27.7. The third kappa shape index (κ3) is 12.7. The van der Waals surface area contributed by atoms with Crippen molar-refractivity contribution in [1.82, 2.24) is 0 Å². The van der Waals surface area contributed by atoms with Gasteiger partial charge in [0.05, 0.1) is 0 Å². The first-order valence-corrected chi connectivity index (χ1v) is 23.2. The molecule has 0 N–H and O–H groups in total. The van der Waals surface area contributed by atoms with Gasteiger partial charge in [-0.25, -0.2) is 0 Å². The molecule has 0 aromatic heterocycles. The minimum absolute atomic E-state index is 0.188. The molecular weight excluding hydrogens is 492 g/mol. The molecule has 1 atom stereocenters. The quantitative estimate of drug-likeness (QED) is 0.163. The molecule has 0 fully saturated rings. The maximum atomic E-state index is 12.3. The molecule has 0 saturated carbocycles. The van der Waals surface area contributed by atoms with Crippen LogP contribution in [0.3, 0.4) is 0 Å². The molecule has 0 aliphatic heterocycles. The summed E-state index contributed by atoms with van der Waals surface area (Å²) in [5.41, 5.74) is -5.57. The number of unbranched alkanes of at least 4 members (excludes halogenated alkanes) is 1. The summed E-state index contributed by atoms with van der Waals surface area (Å²) in [6, 6.07) is 0.516. The van der Waals surface area contributed by atoms with Crippen molar-refractivity contribution in [3.63, 3.8) is 0 Å². The SMILES string of the molecule is C[Si](C)(C)O[Si](C)(C)O[Si](C)(CCCC/C([O-])=N/S(=O)(=O)C(F)(F)F)O[Si](C)(C)C. The van der Waals surface area contributed by atoms with Gasteiger partial charge in [-0.15, -0.1) is 0 Å². The van der Waals surface area contributed by atoms with Gasteiger partial charge in [0.2, 0.25) is 0 Å². The van der Waals surface area contributed by atoms with Crippen LogP contribution >= 0.6 is 0 Å². The third-order valence-corrected chi connectivity index (χ3v) is 17.9. The Morgan fingerprint density at radius 2 is 1.33 bits per heavy atom. The molecule has 0 aliphatic carbocycles. The number of hydrogen-bond donors (Lipinski definition) is 0. The lowest BCUT2D eigenvalue weighted by molar-refractivity contribution is -0.218. The molecule has 0 aromatic carbocycles. The third-order valence-electron chi connectivity index (χ3n) is 3.32. The lowest BCUT2D eigenvalue weighted by Crippen LogP contribution is -2.56. The summed E-state index contributed by atoms with van der Waals surface area (Å²) >= 11 is 0. The van der Waals surface area contributed by atoms with Crippen molar-refractivity contribution in [1.29, 1.82) is 0 Å². The maximum Gasteiger partial charge on any atom is 0.518 e. The molecule has 0 aliphatic rings. The molecule has 0 radical (unpaired) electrons. The summed E-state index contributed by atoms with van der Waals surface area (Å²) in [6.45, 7) is 18.2. The topological polar surface area (TPSA) is 97.2 Å². The first kappa shape index (κ1) is 30.0. The lowest BCUT2D eigenvalue weighted by Gasteiger charge is -2.41. The molecule has 0 amide bonds. The van der Waals surface area contributed by atoms with Crippen LogP contribution < -0.4 is 5.11 Å². The van der Waals surface area contributed by atoms with Crippen molar-refractivity contribution in [2.45, 2.75) is 89.7 Å². The highest BCUT2D eigenvalue weighted by molar-refractivity contribution is 7.91. The Bertz CT molecular complexity index is 705. The second kappa shape index (κ2) is 10.3. The van der Waals surface area contributed by atoms with Crippen molar-refractivity contribution >= 4 is 49.7 Å². The number of hydrogen-bond acceptors (Lipinski definition) is 6. The highest BCUT2D eigenvalue weighted by Crippen LogP contribution is 2.29. The van der Waals surface area contributed by atoms with E-state index in [4.69, 9.17) is 12.3 Å². The zero-order valence-electron chi connectivity index (χ0n) is 19.3. The van der Waals surface area contributed by atoms with Crippen LogP contribution in [-0.2, 0) is 22.4 Å². The minimum atomic E-state index is -5.79. The molecule has 7 nitrogen and oxygen atoms in total. The van der Waals surface area contributed by atoms with Gasteiger partial charge >= 0.3 is 32.7 Å². The van der Waals surface area contributed by atoms with E-state index in [-0.39, 0.29) is 12.8 Å². The van der Waals surface area contributed by atoms with Crippen LogP contribution in [0.4, 0.5) is 13.2 Å². The van der Waals surface area contributed by atoms with Crippen LogP contribution in [0, 0.1) is 0 Å². The van der Waals surface area contributed by atoms with Crippen LogP contribution in [-0.4, -0.2) is 53.6 Å². The van der Waals surface area contributed by atoms with Gasteiger partial charge in [-0.3, -0.25) is 0 Å². The van der Waals surface area contributed by atoms with E-state index in [1.807, 2.05) is 39.3 Å². The van der Waals surface area contributed by atoms with Crippen LogP contribution in [0.2, 0.25) is 65.0 Å². The molecule has 0 rings (SSSR count). The molecule has 1 unspecified atom stereocenters. The number of nitrogens with zero attached hydrogens (tertiary/aromatic N) is 1. The molecule has 0 heterocycles. The van der Waals surface area contributed by atoms with E-state index < -0.39 is 55.2 Å². The van der Waals surface area contributed by atoms with E-state index in [9.17, 15) is 26.7 Å². The zero-order valence-corrected chi connectivity index (χ0v) is 24.1. The Hall–Kier alpha value is -0.0425. The van der Waals surface area contributed by atoms with Crippen LogP contribution in [0.25, 0.3) is 0 Å². The normalized spacial score (nSPS) is 17.1. The molecule has 0 spiro atoms. The van der Waals surface area contributed by atoms with E-state index in [0.717, 1.165) is 0 Å². The summed E-state index contributed by atoms with van der Waals surface area (Å²) in [4.78, 5) is 0. The number of sulfonamides is 1. The Balaban J connectivity index is 5.13. The molecule has 0 bridgehead atoms. The molecular formula is C15H35F3NO6SSi4-. The summed E-state index contributed by atoms with van der Waals surface area (Å²) in [7, 11) is -14.8. The van der Waals surface area contributed by atoms with Gasteiger partial charge in [0.1, 0.15) is 0 Å². The Labute approximate surface area is 182 Å². The van der Waals surface area contributed by atoms with Crippen molar-refractivity contribution in [3.8, 4) is 0 Å². The average Bonchev–Trinajstić information content (AvgIpc) is 2.35. The Kier molecular flexibility index (Phi) is 10.3. The van der Waals surface area contributed by atoms with E-state index in [2.05, 4.69) is 24.0 Å². The van der Waals surface area contributed by atoms with E-state index in [1.54, 1.807) is 0 Å². The van der Waals surface area contributed by atoms with Gasteiger partial charge in [-0.05, 0) is 83.7 Å². The second-order valence-electron chi connectivity index (χ2n) is 9.68. The van der Waals surface area contributed by atoms with Gasteiger partial charge in [-0.1, -0.05) is 6.42 Å². The zero-order chi connectivity index (χ0) is 24.2. The van der Waals surface area contributed by atoms with Crippen LogP contribution in [0.1, 0.15) is 19.3 Å². The standard InChI is InChI=1S/C15H36F3NO6SSi4/c1-27(2,3)23-29(7,8)25-30(9,24-28(4,5)6)13-11-10-12-14(20)19-26(21,22)15(16,17)18/h10-13H2,1-9H3,(H,19,20)/p-1. The molecule has 180 valence electrons. The van der Waals surface area contributed by atoms with E-state index >= 15 is 0 Å². The summed E-state index contributed by atoms with van der Waals surface area (Å²) < 4.78 is 80.2. The predicted molar refractivity (Wildman–Crippen MR) is 120 cm³/mol. The van der Waals surface area contributed by atoms with Crippen molar-refractivity contribution in [3.05, 3.63) is 0 Å². The van der Waals surface area contributed by atoms with Gasteiger partial charge in [0.25, 0.3) is 0 Å². The van der Waals surface area contributed by atoms with Crippen LogP contribution in [0.15, 0.2) is 4.40 Å². The fraction of sp³-hybridized carbons (Fsp3) is 0.933. The minimum Gasteiger partial charge on any atom is -0.861 e. The van der Waals surface area contributed by atoms with E-state index in [1.165, 1.54) is 0 Å². The summed E-state index contributed by atoms with van der Waals surface area (Å²) in [5.74, 6) is -1.31. The maximum absolute atomic E-state index is 12.3. The van der Waals surface area contributed by atoms with Gasteiger partial charge < -0.3 is 17.5 Å². The largest absolute Gasteiger partial charge is 0.861 e. The Morgan fingerprint density at radius 1 is 0.867 bits per heavy atom. The molecule has 15 heteroatoms. The highest BCUT2D eigenvalue weighted by Gasteiger charge is 2.46. The Morgan fingerprint density at radius 3 is 1.73 bits per heavy atom. The number of alkyl halides is 3. The summed E-state index contributed by atoms with van der Waals surface area (Å²) in [5, 5.41) is 11.5. The lowest BCUT2D eigenvalue weighted by atomic mass is 10.2. The number of halogens is 3. The molecule has 0 aromatic rings.